The van der Waals surface area contributed by atoms with Crippen LogP contribution in [0.3, 0.4) is 0 Å². The first-order valence-corrected chi connectivity index (χ1v) is 5.38. The molecule has 0 aliphatic rings. The van der Waals surface area contributed by atoms with E-state index in [0.29, 0.717) is 5.76 Å². The van der Waals surface area contributed by atoms with Gasteiger partial charge in [0.25, 0.3) is 0 Å². The van der Waals surface area contributed by atoms with Crippen molar-refractivity contribution in [2.75, 3.05) is 5.32 Å². The lowest BCUT2D eigenvalue weighted by Gasteiger charge is -2.01. The molecule has 0 fully saturated rings. The zero-order chi connectivity index (χ0) is 13.7. The Morgan fingerprint density at radius 3 is 2.79 bits per heavy atom. The molecule has 6 nitrogen and oxygen atoms in total. The Hall–Kier alpha value is -2.89. The van der Waals surface area contributed by atoms with Crippen LogP contribution in [0.4, 0.5) is 5.82 Å². The van der Waals surface area contributed by atoms with Gasteiger partial charge >= 0.3 is 5.97 Å². The normalized spacial score (nSPS) is 10.5. The van der Waals surface area contributed by atoms with Crippen LogP contribution >= 0.6 is 0 Å². The number of furan rings is 1. The molecule has 0 bridgehead atoms. The van der Waals surface area contributed by atoms with Gasteiger partial charge in [-0.2, -0.15) is 0 Å². The van der Waals surface area contributed by atoms with Gasteiger partial charge in [0.05, 0.1) is 6.26 Å². The molecule has 0 unspecified atom stereocenters. The van der Waals surface area contributed by atoms with Crippen LogP contribution in [0.15, 0.2) is 47.1 Å². The Labute approximate surface area is 108 Å². The van der Waals surface area contributed by atoms with E-state index in [4.69, 9.17) is 9.52 Å². The third-order valence-corrected chi connectivity index (χ3v) is 2.16. The second-order valence-corrected chi connectivity index (χ2v) is 3.55. The molecule has 0 atom stereocenters. The van der Waals surface area contributed by atoms with Gasteiger partial charge in [-0.3, -0.25) is 4.79 Å². The van der Waals surface area contributed by atoms with Crippen LogP contribution in [-0.2, 0) is 4.79 Å². The van der Waals surface area contributed by atoms with E-state index >= 15 is 0 Å². The summed E-state index contributed by atoms with van der Waals surface area (Å²) in [6.45, 7) is 0. The molecular formula is C13H10N2O4. The number of carbonyl (C=O) groups excluding carboxylic acids is 1. The van der Waals surface area contributed by atoms with Crippen molar-refractivity contribution >= 4 is 23.8 Å². The first kappa shape index (κ1) is 12.6. The maximum absolute atomic E-state index is 11.6. The lowest BCUT2D eigenvalue weighted by atomic mass is 10.3. The van der Waals surface area contributed by atoms with Crippen molar-refractivity contribution in [3.8, 4) is 0 Å². The summed E-state index contributed by atoms with van der Waals surface area (Å²) in [5.74, 6) is -0.856. The molecule has 2 aromatic rings. The van der Waals surface area contributed by atoms with Crippen LogP contribution in [0.5, 0.6) is 0 Å². The molecule has 0 aliphatic heterocycles. The number of hydrogen-bond acceptors (Lipinski definition) is 4. The van der Waals surface area contributed by atoms with Crippen LogP contribution in [0, 0.1) is 0 Å². The molecule has 2 N–H and O–H groups in total. The summed E-state index contributed by atoms with van der Waals surface area (Å²) in [7, 11) is 0. The van der Waals surface area contributed by atoms with Crippen molar-refractivity contribution in [3.05, 3.63) is 54.1 Å². The highest BCUT2D eigenvalue weighted by Crippen LogP contribution is 2.06. The Kier molecular flexibility index (Phi) is 3.72. The highest BCUT2D eigenvalue weighted by atomic mass is 16.4. The SMILES string of the molecule is O=C(/C=C/c1ccco1)Nc1cccc(C(=O)O)n1. The minimum absolute atomic E-state index is 0.132. The molecule has 19 heavy (non-hydrogen) atoms. The lowest BCUT2D eigenvalue weighted by Crippen LogP contribution is -2.11. The Morgan fingerprint density at radius 2 is 2.11 bits per heavy atom. The maximum atomic E-state index is 11.6. The van der Waals surface area contributed by atoms with Crippen molar-refractivity contribution in [1.29, 1.82) is 0 Å². The van der Waals surface area contributed by atoms with Gasteiger partial charge < -0.3 is 14.8 Å². The largest absolute Gasteiger partial charge is 0.477 e. The zero-order valence-electron chi connectivity index (χ0n) is 9.74. The van der Waals surface area contributed by atoms with Gasteiger partial charge in [-0.1, -0.05) is 6.07 Å². The molecular weight excluding hydrogens is 248 g/mol. The molecule has 96 valence electrons. The number of amides is 1. The summed E-state index contributed by atoms with van der Waals surface area (Å²) in [6, 6.07) is 7.76. The topological polar surface area (TPSA) is 92.4 Å². The molecule has 2 aromatic heterocycles. The second-order valence-electron chi connectivity index (χ2n) is 3.55. The van der Waals surface area contributed by atoms with E-state index in [1.165, 1.54) is 36.6 Å². The second kappa shape index (κ2) is 5.63. The van der Waals surface area contributed by atoms with Crippen molar-refractivity contribution in [1.82, 2.24) is 4.98 Å². The standard InChI is InChI=1S/C13H10N2O4/c16-12(7-6-9-3-2-8-19-9)15-11-5-1-4-10(14-11)13(17)18/h1-8H,(H,17,18)(H,14,15,16)/b7-6+. The van der Waals surface area contributed by atoms with Crippen LogP contribution < -0.4 is 5.32 Å². The van der Waals surface area contributed by atoms with E-state index in [1.807, 2.05) is 0 Å². The number of aromatic carboxylic acids is 1. The van der Waals surface area contributed by atoms with Crippen molar-refractivity contribution in [3.63, 3.8) is 0 Å². The number of rotatable bonds is 4. The fourth-order valence-electron chi connectivity index (χ4n) is 1.34. The van der Waals surface area contributed by atoms with Crippen LogP contribution in [0.1, 0.15) is 16.2 Å². The molecule has 6 heteroatoms. The molecule has 0 radical (unpaired) electrons. The Morgan fingerprint density at radius 1 is 1.26 bits per heavy atom. The van der Waals surface area contributed by atoms with Gasteiger partial charge in [0.15, 0.2) is 5.69 Å². The van der Waals surface area contributed by atoms with Crippen molar-refractivity contribution < 1.29 is 19.1 Å². The predicted octanol–water partition coefficient (Wildman–Crippen LogP) is 2.02. The summed E-state index contributed by atoms with van der Waals surface area (Å²) in [6.07, 6.45) is 4.26. The lowest BCUT2D eigenvalue weighted by molar-refractivity contribution is -0.111. The number of anilines is 1. The Bertz CT molecular complexity index is 617. The molecule has 0 spiro atoms. The summed E-state index contributed by atoms with van der Waals surface area (Å²) in [5.41, 5.74) is -0.132. The van der Waals surface area contributed by atoms with Crippen LogP contribution in [0.25, 0.3) is 6.08 Å². The number of nitrogens with one attached hydrogen (secondary N) is 1. The van der Waals surface area contributed by atoms with Gasteiger partial charge in [0.1, 0.15) is 11.6 Å². The van der Waals surface area contributed by atoms with E-state index in [2.05, 4.69) is 10.3 Å². The summed E-state index contributed by atoms with van der Waals surface area (Å²) >= 11 is 0. The molecule has 1 amide bonds. The monoisotopic (exact) mass is 258 g/mol. The average molecular weight is 258 g/mol. The van der Waals surface area contributed by atoms with E-state index in [1.54, 1.807) is 12.1 Å². The maximum Gasteiger partial charge on any atom is 0.354 e. The third-order valence-electron chi connectivity index (χ3n) is 2.16. The van der Waals surface area contributed by atoms with Crippen molar-refractivity contribution in [2.24, 2.45) is 0 Å². The summed E-state index contributed by atoms with van der Waals surface area (Å²) in [5, 5.41) is 11.2. The number of hydrogen-bond donors (Lipinski definition) is 2. The molecule has 0 saturated carbocycles. The van der Waals surface area contributed by atoms with Gasteiger partial charge in [-0.05, 0) is 30.3 Å². The highest BCUT2D eigenvalue weighted by Gasteiger charge is 2.06. The zero-order valence-corrected chi connectivity index (χ0v) is 9.74. The van der Waals surface area contributed by atoms with Gasteiger partial charge in [-0.15, -0.1) is 0 Å². The minimum Gasteiger partial charge on any atom is -0.477 e. The number of pyridine rings is 1. The number of carboxylic acids is 1. The minimum atomic E-state index is -1.15. The Balaban J connectivity index is 2.03. The number of nitrogens with zero attached hydrogens (tertiary/aromatic N) is 1. The molecule has 0 saturated heterocycles. The van der Waals surface area contributed by atoms with E-state index < -0.39 is 11.9 Å². The number of carboxylic acid groups (broad SMARTS) is 1. The molecule has 2 rings (SSSR count). The van der Waals surface area contributed by atoms with Gasteiger partial charge in [0.2, 0.25) is 5.91 Å². The molecule has 0 aliphatic carbocycles. The smallest absolute Gasteiger partial charge is 0.354 e. The number of carbonyl (C=O) groups is 2. The van der Waals surface area contributed by atoms with Crippen molar-refractivity contribution in [2.45, 2.75) is 0 Å². The van der Waals surface area contributed by atoms with Gasteiger partial charge in [0, 0.05) is 6.08 Å². The highest BCUT2D eigenvalue weighted by molar-refractivity contribution is 6.01. The van der Waals surface area contributed by atoms with E-state index in [-0.39, 0.29) is 11.5 Å². The average Bonchev–Trinajstić information content (AvgIpc) is 2.90. The first-order chi connectivity index (χ1) is 9.15. The predicted molar refractivity (Wildman–Crippen MR) is 67.6 cm³/mol. The first-order valence-electron chi connectivity index (χ1n) is 5.38. The van der Waals surface area contributed by atoms with Crippen LogP contribution in [-0.4, -0.2) is 22.0 Å². The quantitative estimate of drug-likeness (QED) is 0.818. The molecule has 0 aromatic carbocycles. The van der Waals surface area contributed by atoms with E-state index in [0.717, 1.165) is 0 Å². The summed E-state index contributed by atoms with van der Waals surface area (Å²) < 4.78 is 5.02. The van der Waals surface area contributed by atoms with Crippen LogP contribution in [0.2, 0.25) is 0 Å². The van der Waals surface area contributed by atoms with E-state index in [9.17, 15) is 9.59 Å². The van der Waals surface area contributed by atoms with Gasteiger partial charge in [-0.25, -0.2) is 9.78 Å². The molecule has 2 heterocycles. The fraction of sp³-hybridized carbons (Fsp3) is 0. The number of aromatic nitrogens is 1. The fourth-order valence-corrected chi connectivity index (χ4v) is 1.34. The summed E-state index contributed by atoms with van der Waals surface area (Å²) in [4.78, 5) is 26.0. The third kappa shape index (κ3) is 3.53.